The summed E-state index contributed by atoms with van der Waals surface area (Å²) in [5, 5.41) is 0. The lowest BCUT2D eigenvalue weighted by Gasteiger charge is -2.15. The lowest BCUT2D eigenvalue weighted by molar-refractivity contribution is -0.142. The van der Waals surface area contributed by atoms with Gasteiger partial charge in [-0.05, 0) is 18.9 Å². The van der Waals surface area contributed by atoms with Gasteiger partial charge in [0.1, 0.15) is 6.10 Å². The summed E-state index contributed by atoms with van der Waals surface area (Å²) >= 11 is 0. The van der Waals surface area contributed by atoms with Gasteiger partial charge in [0.15, 0.2) is 0 Å². The first-order valence-electron chi connectivity index (χ1n) is 6.54. The second-order valence-corrected chi connectivity index (χ2v) is 4.96. The van der Waals surface area contributed by atoms with Crippen LogP contribution >= 0.6 is 0 Å². The molecule has 102 valence electrons. The van der Waals surface area contributed by atoms with Crippen LogP contribution < -0.4 is 5.73 Å². The van der Waals surface area contributed by atoms with Gasteiger partial charge in [-0.1, -0.05) is 30.3 Å². The van der Waals surface area contributed by atoms with Crippen LogP contribution in [0.5, 0.6) is 0 Å². The number of carbonyl (C=O) groups excluding carboxylic acids is 1. The number of nitrogens with two attached hydrogens (primary N) is 1. The van der Waals surface area contributed by atoms with E-state index >= 15 is 0 Å². The molecule has 0 spiro atoms. The zero-order chi connectivity index (χ0) is 13.7. The van der Waals surface area contributed by atoms with Crippen molar-refractivity contribution in [1.29, 1.82) is 0 Å². The van der Waals surface area contributed by atoms with E-state index < -0.39 is 0 Å². The molecule has 19 heavy (non-hydrogen) atoms. The Labute approximate surface area is 113 Å². The molecule has 1 fully saturated rings. The molecular weight excluding hydrogens is 240 g/mol. The second kappa shape index (κ2) is 6.38. The smallest absolute Gasteiger partial charge is 0.332 e. The largest absolute Gasteiger partial charge is 0.458 e. The minimum atomic E-state index is -0.341. The van der Waals surface area contributed by atoms with E-state index in [1.807, 2.05) is 18.2 Å². The maximum absolute atomic E-state index is 11.5. The minimum Gasteiger partial charge on any atom is -0.458 e. The Morgan fingerprint density at radius 2 is 2.21 bits per heavy atom. The molecule has 1 heterocycles. The molecule has 1 aliphatic heterocycles. The molecule has 0 aliphatic carbocycles. The summed E-state index contributed by atoms with van der Waals surface area (Å²) in [5.74, 6) is -0.341. The Hall–Kier alpha value is -1.81. The summed E-state index contributed by atoms with van der Waals surface area (Å²) in [4.78, 5) is 13.8. The fraction of sp³-hybridized carbons (Fsp3) is 0.400. The molecule has 4 nitrogen and oxygen atoms in total. The van der Waals surface area contributed by atoms with E-state index in [2.05, 4.69) is 17.0 Å². The molecular formula is C15H20N2O2. The molecule has 1 saturated heterocycles. The number of carbonyl (C=O) groups is 1. The molecule has 0 bridgehead atoms. The Balaban J connectivity index is 1.80. The lowest BCUT2D eigenvalue weighted by atomic mass is 10.2. The van der Waals surface area contributed by atoms with Gasteiger partial charge >= 0.3 is 5.97 Å². The molecule has 0 unspecified atom stereocenters. The molecule has 2 rings (SSSR count). The Kier molecular flexibility index (Phi) is 4.58. The van der Waals surface area contributed by atoms with Gasteiger partial charge in [0.25, 0.3) is 0 Å². The summed E-state index contributed by atoms with van der Waals surface area (Å²) in [6.07, 6.45) is 2.20. The SMILES string of the molecule is CC(N)=CC(=O)O[C@H]1CCN(Cc2ccccc2)C1. The number of allylic oxidation sites excluding steroid dienone is 1. The van der Waals surface area contributed by atoms with E-state index in [1.165, 1.54) is 11.6 Å². The van der Waals surface area contributed by atoms with Crippen LogP contribution in [-0.2, 0) is 16.1 Å². The number of likely N-dealkylation sites (tertiary alicyclic amines) is 1. The van der Waals surface area contributed by atoms with Gasteiger partial charge in [0.2, 0.25) is 0 Å². The van der Waals surface area contributed by atoms with Crippen molar-refractivity contribution < 1.29 is 9.53 Å². The zero-order valence-electron chi connectivity index (χ0n) is 11.2. The maximum Gasteiger partial charge on any atom is 0.332 e. The maximum atomic E-state index is 11.5. The predicted molar refractivity (Wildman–Crippen MR) is 74.2 cm³/mol. The van der Waals surface area contributed by atoms with Gasteiger partial charge in [-0.15, -0.1) is 0 Å². The molecule has 1 aromatic rings. The number of hydrogen-bond acceptors (Lipinski definition) is 4. The van der Waals surface area contributed by atoms with Crippen LogP contribution in [0.3, 0.4) is 0 Å². The molecule has 1 aromatic carbocycles. The zero-order valence-corrected chi connectivity index (χ0v) is 11.2. The normalized spacial score (nSPS) is 20.5. The third kappa shape index (κ3) is 4.41. The average Bonchev–Trinajstić information content (AvgIpc) is 2.76. The Morgan fingerprint density at radius 3 is 2.89 bits per heavy atom. The van der Waals surface area contributed by atoms with Crippen LogP contribution in [0.2, 0.25) is 0 Å². The van der Waals surface area contributed by atoms with Crippen molar-refractivity contribution in [1.82, 2.24) is 4.90 Å². The number of ether oxygens (including phenoxy) is 1. The average molecular weight is 260 g/mol. The van der Waals surface area contributed by atoms with Crippen LogP contribution in [0, 0.1) is 0 Å². The fourth-order valence-electron chi connectivity index (χ4n) is 2.26. The monoisotopic (exact) mass is 260 g/mol. The van der Waals surface area contributed by atoms with Crippen LogP contribution in [0.1, 0.15) is 18.9 Å². The number of nitrogens with zero attached hydrogens (tertiary/aromatic N) is 1. The van der Waals surface area contributed by atoms with Gasteiger partial charge in [-0.3, -0.25) is 4.90 Å². The third-order valence-electron chi connectivity index (χ3n) is 3.11. The first-order valence-corrected chi connectivity index (χ1v) is 6.54. The van der Waals surface area contributed by atoms with Crippen molar-refractivity contribution >= 4 is 5.97 Å². The van der Waals surface area contributed by atoms with Crippen molar-refractivity contribution in [3.63, 3.8) is 0 Å². The van der Waals surface area contributed by atoms with Crippen LogP contribution in [-0.4, -0.2) is 30.1 Å². The first kappa shape index (κ1) is 13.6. The topological polar surface area (TPSA) is 55.6 Å². The number of rotatable bonds is 4. The molecule has 0 amide bonds. The van der Waals surface area contributed by atoms with Crippen molar-refractivity contribution in [2.75, 3.05) is 13.1 Å². The van der Waals surface area contributed by atoms with Gasteiger partial charge in [0.05, 0.1) is 0 Å². The van der Waals surface area contributed by atoms with Crippen molar-refractivity contribution in [2.24, 2.45) is 5.73 Å². The lowest BCUT2D eigenvalue weighted by Crippen LogP contribution is -2.24. The Bertz CT molecular complexity index is 452. The summed E-state index contributed by atoms with van der Waals surface area (Å²) in [6, 6.07) is 10.3. The van der Waals surface area contributed by atoms with Crippen molar-refractivity contribution in [2.45, 2.75) is 26.0 Å². The number of hydrogen-bond donors (Lipinski definition) is 1. The van der Waals surface area contributed by atoms with Crippen LogP contribution in [0.25, 0.3) is 0 Å². The summed E-state index contributed by atoms with van der Waals surface area (Å²) < 4.78 is 5.35. The summed E-state index contributed by atoms with van der Waals surface area (Å²) in [7, 11) is 0. The molecule has 2 N–H and O–H groups in total. The molecule has 1 aliphatic rings. The molecule has 0 radical (unpaired) electrons. The second-order valence-electron chi connectivity index (χ2n) is 4.96. The summed E-state index contributed by atoms with van der Waals surface area (Å²) in [6.45, 7) is 4.33. The third-order valence-corrected chi connectivity index (χ3v) is 3.11. The highest BCUT2D eigenvalue weighted by Gasteiger charge is 2.24. The Morgan fingerprint density at radius 1 is 1.47 bits per heavy atom. The van der Waals surface area contributed by atoms with Gasteiger partial charge < -0.3 is 10.5 Å². The molecule has 0 aromatic heterocycles. The van der Waals surface area contributed by atoms with Crippen LogP contribution in [0.15, 0.2) is 42.1 Å². The minimum absolute atomic E-state index is 0.0215. The van der Waals surface area contributed by atoms with E-state index in [9.17, 15) is 4.79 Å². The molecule has 4 heteroatoms. The summed E-state index contributed by atoms with van der Waals surface area (Å²) in [5.41, 5.74) is 7.21. The van der Waals surface area contributed by atoms with E-state index in [0.717, 1.165) is 26.1 Å². The van der Waals surface area contributed by atoms with Gasteiger partial charge in [-0.2, -0.15) is 0 Å². The van der Waals surface area contributed by atoms with E-state index in [-0.39, 0.29) is 12.1 Å². The van der Waals surface area contributed by atoms with E-state index in [1.54, 1.807) is 6.92 Å². The van der Waals surface area contributed by atoms with Crippen molar-refractivity contribution in [3.8, 4) is 0 Å². The van der Waals surface area contributed by atoms with Gasteiger partial charge in [0, 0.05) is 31.4 Å². The molecule has 1 atom stereocenters. The molecule has 0 saturated carbocycles. The van der Waals surface area contributed by atoms with E-state index in [0.29, 0.717) is 5.70 Å². The quantitative estimate of drug-likeness (QED) is 0.661. The fourth-order valence-corrected chi connectivity index (χ4v) is 2.26. The number of benzene rings is 1. The number of esters is 1. The highest BCUT2D eigenvalue weighted by Crippen LogP contribution is 2.16. The van der Waals surface area contributed by atoms with Crippen molar-refractivity contribution in [3.05, 3.63) is 47.7 Å². The van der Waals surface area contributed by atoms with Gasteiger partial charge in [-0.25, -0.2) is 4.79 Å². The standard InChI is InChI=1S/C15H20N2O2/c1-12(16)9-15(18)19-14-7-8-17(11-14)10-13-5-3-2-4-6-13/h2-6,9,14H,7-8,10-11,16H2,1H3/t14-/m0/s1. The van der Waals surface area contributed by atoms with E-state index in [4.69, 9.17) is 10.5 Å². The van der Waals surface area contributed by atoms with Crippen LogP contribution in [0.4, 0.5) is 0 Å². The highest BCUT2D eigenvalue weighted by molar-refractivity contribution is 5.82. The first-order chi connectivity index (χ1) is 9.13. The predicted octanol–water partition coefficient (Wildman–Crippen LogP) is 1.67. The highest BCUT2D eigenvalue weighted by atomic mass is 16.5.